The topological polar surface area (TPSA) is 157 Å². The first kappa shape index (κ1) is 33.3. The van der Waals surface area contributed by atoms with Gasteiger partial charge in [-0.25, -0.2) is 18.0 Å². The first-order chi connectivity index (χ1) is 19.4. The molecule has 2 aromatic rings. The first-order valence-corrected chi connectivity index (χ1v) is 16.0. The monoisotopic (exact) mass is 608 g/mol. The highest BCUT2D eigenvalue weighted by molar-refractivity contribution is 7.90. The van der Waals surface area contributed by atoms with E-state index in [-0.39, 0.29) is 22.8 Å². The zero-order valence-corrected chi connectivity index (χ0v) is 26.6. The smallest absolute Gasteiger partial charge is 0.412 e. The predicted molar refractivity (Wildman–Crippen MR) is 163 cm³/mol. The summed E-state index contributed by atoms with van der Waals surface area (Å²) in [5, 5.41) is 12.9. The van der Waals surface area contributed by atoms with E-state index in [0.717, 1.165) is 32.4 Å². The van der Waals surface area contributed by atoms with Crippen molar-refractivity contribution >= 4 is 44.4 Å². The lowest BCUT2D eigenvalue weighted by molar-refractivity contribution is -0.134. The van der Waals surface area contributed by atoms with Crippen molar-refractivity contribution in [2.75, 3.05) is 75.6 Å². The van der Waals surface area contributed by atoms with Crippen LogP contribution < -0.4 is 15.8 Å². The summed E-state index contributed by atoms with van der Waals surface area (Å²) >= 11 is 0. The number of carboxylic acid groups (broad SMARTS) is 1. The fourth-order valence-electron chi connectivity index (χ4n) is 5.17. The van der Waals surface area contributed by atoms with E-state index in [1.807, 2.05) is 0 Å². The zero-order valence-electron chi connectivity index (χ0n) is 25.8. The van der Waals surface area contributed by atoms with Crippen molar-refractivity contribution in [2.24, 2.45) is 5.92 Å². The van der Waals surface area contributed by atoms with Gasteiger partial charge in [-0.2, -0.15) is 4.98 Å². The number of piperazine rings is 1. The fourth-order valence-corrected chi connectivity index (χ4v) is 6.25. The van der Waals surface area contributed by atoms with Gasteiger partial charge in [-0.3, -0.25) is 14.6 Å². The van der Waals surface area contributed by atoms with E-state index >= 15 is 0 Å². The quantitative estimate of drug-likeness (QED) is 0.406. The van der Waals surface area contributed by atoms with Gasteiger partial charge >= 0.3 is 11.7 Å². The highest BCUT2D eigenvalue weighted by atomic mass is 32.2. The third-order valence-electron chi connectivity index (χ3n) is 7.61. The highest BCUT2D eigenvalue weighted by Gasteiger charge is 2.33. The third-order valence-corrected chi connectivity index (χ3v) is 8.58. The Balaban J connectivity index is 1.85. The van der Waals surface area contributed by atoms with Gasteiger partial charge in [0.15, 0.2) is 0 Å². The third kappa shape index (κ3) is 8.19. The number of anilines is 2. The molecule has 2 amide bonds. The van der Waals surface area contributed by atoms with Crippen molar-refractivity contribution in [3.05, 3.63) is 28.1 Å². The normalized spacial score (nSPS) is 16.7. The summed E-state index contributed by atoms with van der Waals surface area (Å²) in [6.45, 7) is 13.4. The van der Waals surface area contributed by atoms with E-state index < -0.39 is 44.8 Å². The Labute approximate surface area is 247 Å². The maximum atomic E-state index is 13.5. The maximum Gasteiger partial charge on any atom is 0.412 e. The van der Waals surface area contributed by atoms with Crippen LogP contribution in [0.15, 0.2) is 21.3 Å². The molecule has 1 unspecified atom stereocenters. The van der Waals surface area contributed by atoms with E-state index in [4.69, 9.17) is 4.42 Å². The van der Waals surface area contributed by atoms with Crippen LogP contribution in [-0.2, 0) is 14.6 Å². The molecular weight excluding hydrogens is 564 g/mol. The van der Waals surface area contributed by atoms with Gasteiger partial charge in [-0.15, -0.1) is 0 Å². The first-order valence-electron chi connectivity index (χ1n) is 14.0. The number of likely N-dealkylation sites (N-methyl/N-ethyl adjacent to an activating group) is 2. The average Bonchev–Trinajstić information content (AvgIpc) is 2.86. The minimum absolute atomic E-state index is 0.133. The van der Waals surface area contributed by atoms with Crippen LogP contribution in [0.1, 0.15) is 33.3 Å². The maximum absolute atomic E-state index is 13.5. The predicted octanol–water partition coefficient (Wildman–Crippen LogP) is 1.95. The molecule has 0 radical (unpaired) electrons. The van der Waals surface area contributed by atoms with Gasteiger partial charge in [0.25, 0.3) is 6.01 Å². The zero-order chi connectivity index (χ0) is 31.6. The van der Waals surface area contributed by atoms with Crippen molar-refractivity contribution in [1.29, 1.82) is 0 Å². The number of rotatable bonds is 10. The molecule has 234 valence electrons. The molecular formula is C28H44N6O7S. The number of fused-ring (bicyclic) bond motifs is 1. The number of hydrogen-bond acceptors (Lipinski definition) is 10. The molecule has 1 aliphatic heterocycles. The van der Waals surface area contributed by atoms with Crippen molar-refractivity contribution in [3.8, 4) is 0 Å². The van der Waals surface area contributed by atoms with Crippen molar-refractivity contribution in [3.63, 3.8) is 0 Å². The molecule has 42 heavy (non-hydrogen) atoms. The van der Waals surface area contributed by atoms with Crippen LogP contribution in [0.25, 0.3) is 10.9 Å². The van der Waals surface area contributed by atoms with Crippen molar-refractivity contribution < 1.29 is 27.5 Å². The Hall–Kier alpha value is -3.23. The van der Waals surface area contributed by atoms with Crippen molar-refractivity contribution in [2.45, 2.75) is 46.2 Å². The molecule has 0 saturated carbocycles. The van der Waals surface area contributed by atoms with E-state index in [2.05, 4.69) is 27.1 Å². The lowest BCUT2D eigenvalue weighted by Crippen LogP contribution is -2.49. The van der Waals surface area contributed by atoms with Crippen molar-refractivity contribution in [1.82, 2.24) is 19.7 Å². The van der Waals surface area contributed by atoms with Gasteiger partial charge in [0.2, 0.25) is 5.91 Å². The number of nitrogens with one attached hydrogen (secondary N) is 1. The summed E-state index contributed by atoms with van der Waals surface area (Å²) in [4.78, 5) is 50.2. The van der Waals surface area contributed by atoms with Gasteiger partial charge in [-0.1, -0.05) is 0 Å². The molecule has 1 aromatic carbocycles. The molecule has 2 N–H and O–H groups in total. The molecule has 0 spiro atoms. The van der Waals surface area contributed by atoms with Crippen LogP contribution in [-0.4, -0.2) is 122 Å². The molecule has 0 bridgehead atoms. The second kappa shape index (κ2) is 13.0. The van der Waals surface area contributed by atoms with E-state index in [1.165, 1.54) is 11.0 Å². The number of benzene rings is 1. The van der Waals surface area contributed by atoms with Gasteiger partial charge in [0.05, 0.1) is 28.3 Å². The van der Waals surface area contributed by atoms with Gasteiger partial charge in [0, 0.05) is 64.2 Å². The minimum Gasteiger partial charge on any atom is -0.465 e. The molecule has 0 aliphatic carbocycles. The Bertz CT molecular complexity index is 1460. The molecule has 13 nitrogen and oxygen atoms in total. The summed E-state index contributed by atoms with van der Waals surface area (Å²) < 4.78 is 30.0. The largest absolute Gasteiger partial charge is 0.465 e. The van der Waals surface area contributed by atoms with Gasteiger partial charge < -0.3 is 24.6 Å². The van der Waals surface area contributed by atoms with Crippen LogP contribution >= 0.6 is 0 Å². The van der Waals surface area contributed by atoms with E-state index in [9.17, 15) is 27.9 Å². The Kier molecular flexibility index (Phi) is 10.3. The second-order valence-electron chi connectivity index (χ2n) is 12.2. The second-order valence-corrected chi connectivity index (χ2v) is 14.4. The number of sulfone groups is 1. The number of amides is 2. The van der Waals surface area contributed by atoms with Crippen LogP contribution in [0.4, 0.5) is 16.5 Å². The molecule has 2 atom stereocenters. The summed E-state index contributed by atoms with van der Waals surface area (Å²) in [5.41, 5.74) is -0.490. The lowest BCUT2D eigenvalue weighted by atomic mass is 10.0. The number of aryl methyl sites for hydroxylation is 1. The SMILES string of the molecule is Cc1c(N(C(=O)O)C(C)(C)C)ccc2nc(NC(C)[C@H](CS(C)(=O)=O)C(=O)N(C)CCN3CCN(C)CC3)oc(=O)c12. The summed E-state index contributed by atoms with van der Waals surface area (Å²) in [6.07, 6.45) is -0.0822. The molecule has 1 aromatic heterocycles. The van der Waals surface area contributed by atoms with Crippen LogP contribution in [0.3, 0.4) is 0 Å². The Morgan fingerprint density at radius 2 is 1.81 bits per heavy atom. The molecule has 3 rings (SSSR count). The number of carbonyl (C=O) groups is 2. The minimum atomic E-state index is -3.53. The Morgan fingerprint density at radius 3 is 2.36 bits per heavy atom. The average molecular weight is 609 g/mol. The van der Waals surface area contributed by atoms with Gasteiger partial charge in [-0.05, 0) is 59.4 Å². The Morgan fingerprint density at radius 1 is 1.19 bits per heavy atom. The standard InChI is InChI=1S/C28H44N6O7S/c1-18-22(34(27(37)38)28(3,4)5)10-9-21-23(18)25(36)41-26(30-21)29-19(2)20(17-42(8,39)40)24(35)32(7)13-16-33-14-11-31(6)12-15-33/h9-10,19-20H,11-17H2,1-8H3,(H,29,30)(H,37,38)/t19?,20-/m0/s1. The number of aromatic nitrogens is 1. The van der Waals surface area contributed by atoms with E-state index in [0.29, 0.717) is 24.3 Å². The molecule has 1 saturated heterocycles. The molecule has 1 fully saturated rings. The molecule has 2 heterocycles. The number of carbonyl (C=O) groups excluding carboxylic acids is 1. The fraction of sp³-hybridized carbons (Fsp3) is 0.643. The van der Waals surface area contributed by atoms with Crippen LogP contribution in [0, 0.1) is 12.8 Å². The molecule has 1 aliphatic rings. The summed E-state index contributed by atoms with van der Waals surface area (Å²) in [6, 6.07) is 2.22. The lowest BCUT2D eigenvalue weighted by Gasteiger charge is -2.34. The summed E-state index contributed by atoms with van der Waals surface area (Å²) in [7, 11) is 0.201. The highest BCUT2D eigenvalue weighted by Crippen LogP contribution is 2.31. The number of hydrogen-bond donors (Lipinski definition) is 2. The van der Waals surface area contributed by atoms with Gasteiger partial charge in [0.1, 0.15) is 9.84 Å². The number of nitrogens with zero attached hydrogens (tertiary/aromatic N) is 5. The summed E-state index contributed by atoms with van der Waals surface area (Å²) in [5.74, 6) is -1.69. The van der Waals surface area contributed by atoms with Crippen LogP contribution in [0.2, 0.25) is 0 Å². The van der Waals surface area contributed by atoms with Crippen LogP contribution in [0.5, 0.6) is 0 Å². The van der Waals surface area contributed by atoms with E-state index in [1.54, 1.807) is 52.6 Å². The molecule has 14 heteroatoms.